The Hall–Kier alpha value is -0.680. The zero-order valence-corrected chi connectivity index (χ0v) is 17.6. The van der Waals surface area contributed by atoms with Crippen LogP contribution in [0.3, 0.4) is 0 Å². The third-order valence-electron chi connectivity index (χ3n) is 3.09. The molecule has 4 nitrogen and oxygen atoms in total. The molecule has 2 N–H and O–H groups in total. The number of guanidine groups is 1. The van der Waals surface area contributed by atoms with Crippen LogP contribution in [-0.2, 0) is 0 Å². The van der Waals surface area contributed by atoms with E-state index in [0.29, 0.717) is 25.5 Å². The van der Waals surface area contributed by atoms with E-state index < -0.39 is 12.7 Å². The first kappa shape index (κ1) is 24.3. The highest BCUT2D eigenvalue weighted by molar-refractivity contribution is 14.0. The van der Waals surface area contributed by atoms with E-state index in [2.05, 4.69) is 27.8 Å². The third kappa shape index (κ3) is 13.2. The van der Waals surface area contributed by atoms with E-state index in [4.69, 9.17) is 0 Å². The maximum atomic E-state index is 12.2. The van der Waals surface area contributed by atoms with Gasteiger partial charge in [-0.05, 0) is 32.1 Å². The van der Waals surface area contributed by atoms with Gasteiger partial charge >= 0.3 is 6.18 Å². The summed E-state index contributed by atoms with van der Waals surface area (Å²) >= 11 is 1.75. The second kappa shape index (κ2) is 13.5. The van der Waals surface area contributed by atoms with Gasteiger partial charge in [-0.1, -0.05) is 18.2 Å². The van der Waals surface area contributed by atoms with Crippen molar-refractivity contribution in [1.29, 1.82) is 0 Å². The number of hydrogen-bond donors (Lipinski definition) is 2. The molecule has 1 rings (SSSR count). The van der Waals surface area contributed by atoms with E-state index >= 15 is 0 Å². The molecule has 0 bridgehead atoms. The van der Waals surface area contributed by atoms with Gasteiger partial charge in [0.1, 0.15) is 0 Å². The summed E-state index contributed by atoms with van der Waals surface area (Å²) < 4.78 is 36.6. The monoisotopic (exact) mass is 490 g/mol. The summed E-state index contributed by atoms with van der Waals surface area (Å²) in [7, 11) is 3.15. The quantitative estimate of drug-likeness (QED) is 0.183. The Morgan fingerprint density at radius 3 is 2.40 bits per heavy atom. The van der Waals surface area contributed by atoms with Crippen LogP contribution in [-0.4, -0.2) is 63.1 Å². The van der Waals surface area contributed by atoms with Crippen LogP contribution in [0.25, 0.3) is 0 Å². The summed E-state index contributed by atoms with van der Waals surface area (Å²) in [4.78, 5) is 6.59. The predicted octanol–water partition coefficient (Wildman–Crippen LogP) is 3.45. The van der Waals surface area contributed by atoms with Gasteiger partial charge in [0, 0.05) is 30.8 Å². The van der Waals surface area contributed by atoms with Crippen LogP contribution in [0.2, 0.25) is 0 Å². The number of alkyl halides is 3. The van der Waals surface area contributed by atoms with Gasteiger partial charge in [0.05, 0.1) is 6.54 Å². The third-order valence-corrected chi connectivity index (χ3v) is 4.10. The molecule has 0 aliphatic heterocycles. The molecule has 25 heavy (non-hydrogen) atoms. The zero-order chi connectivity index (χ0) is 17.8. The number of thioether (sulfide) groups is 1. The zero-order valence-electron chi connectivity index (χ0n) is 14.5. The van der Waals surface area contributed by atoms with Crippen molar-refractivity contribution in [2.75, 3.05) is 46.0 Å². The maximum Gasteiger partial charge on any atom is 0.401 e. The SMILES string of the molecule is CN=C(NCCCN(C)CC(F)(F)F)NCCSc1ccccc1.I. The van der Waals surface area contributed by atoms with Gasteiger partial charge in [-0.3, -0.25) is 9.89 Å². The number of halogens is 4. The van der Waals surface area contributed by atoms with E-state index in [0.717, 1.165) is 12.3 Å². The van der Waals surface area contributed by atoms with Gasteiger partial charge in [0.2, 0.25) is 0 Å². The molecule has 0 aliphatic rings. The molecule has 0 amide bonds. The summed E-state index contributed by atoms with van der Waals surface area (Å²) in [6.45, 7) is 0.838. The molecule has 144 valence electrons. The highest BCUT2D eigenvalue weighted by Gasteiger charge is 2.28. The van der Waals surface area contributed by atoms with Crippen molar-refractivity contribution in [3.8, 4) is 0 Å². The first-order valence-corrected chi connectivity index (χ1v) is 8.77. The number of nitrogens with one attached hydrogen (secondary N) is 2. The second-order valence-electron chi connectivity index (χ2n) is 5.29. The molecule has 0 spiro atoms. The number of aliphatic imine (C=N–C) groups is 1. The first-order chi connectivity index (χ1) is 11.4. The molecular weight excluding hydrogens is 464 g/mol. The molecule has 1 aromatic carbocycles. The molecule has 0 radical (unpaired) electrons. The van der Waals surface area contributed by atoms with Crippen LogP contribution < -0.4 is 10.6 Å². The average molecular weight is 490 g/mol. The lowest BCUT2D eigenvalue weighted by Crippen LogP contribution is -2.40. The minimum absolute atomic E-state index is 0. The van der Waals surface area contributed by atoms with Crippen LogP contribution in [0.15, 0.2) is 40.2 Å². The van der Waals surface area contributed by atoms with E-state index in [1.165, 1.54) is 16.8 Å². The molecule has 0 aromatic heterocycles. The van der Waals surface area contributed by atoms with Crippen LogP contribution in [0.1, 0.15) is 6.42 Å². The average Bonchev–Trinajstić information content (AvgIpc) is 2.52. The van der Waals surface area contributed by atoms with Crippen molar-refractivity contribution in [1.82, 2.24) is 15.5 Å². The first-order valence-electron chi connectivity index (χ1n) is 7.78. The minimum atomic E-state index is -4.14. The van der Waals surface area contributed by atoms with Gasteiger partial charge < -0.3 is 10.6 Å². The summed E-state index contributed by atoms with van der Waals surface area (Å²) in [5.74, 6) is 1.57. The Bertz CT molecular complexity index is 486. The minimum Gasteiger partial charge on any atom is -0.356 e. The lowest BCUT2D eigenvalue weighted by molar-refractivity contribution is -0.143. The normalized spacial score (nSPS) is 12.0. The van der Waals surface area contributed by atoms with Gasteiger partial charge in [0.25, 0.3) is 0 Å². The fourth-order valence-electron chi connectivity index (χ4n) is 2.02. The standard InChI is InChI=1S/C16H25F3N4S.HI/c1-20-15(21-9-6-11-23(2)13-16(17,18)19)22-10-12-24-14-7-4-3-5-8-14;/h3-5,7-8H,6,9-13H2,1-2H3,(H2,20,21,22);1H. The largest absolute Gasteiger partial charge is 0.401 e. The Morgan fingerprint density at radius 2 is 1.80 bits per heavy atom. The lowest BCUT2D eigenvalue weighted by atomic mass is 10.4. The smallest absolute Gasteiger partial charge is 0.356 e. The van der Waals surface area contributed by atoms with E-state index in [1.54, 1.807) is 18.8 Å². The Morgan fingerprint density at radius 1 is 1.16 bits per heavy atom. The van der Waals surface area contributed by atoms with Gasteiger partial charge in [-0.2, -0.15) is 13.2 Å². The van der Waals surface area contributed by atoms with Gasteiger partial charge in [-0.15, -0.1) is 35.7 Å². The van der Waals surface area contributed by atoms with Crippen molar-refractivity contribution >= 4 is 41.7 Å². The van der Waals surface area contributed by atoms with Crippen LogP contribution in [0, 0.1) is 0 Å². The van der Waals surface area contributed by atoms with Crippen LogP contribution >= 0.6 is 35.7 Å². The number of rotatable bonds is 9. The number of benzene rings is 1. The molecule has 0 atom stereocenters. The van der Waals surface area contributed by atoms with Crippen molar-refractivity contribution in [3.05, 3.63) is 30.3 Å². The van der Waals surface area contributed by atoms with E-state index in [-0.39, 0.29) is 24.0 Å². The fraction of sp³-hybridized carbons (Fsp3) is 0.562. The molecule has 0 saturated heterocycles. The van der Waals surface area contributed by atoms with Crippen LogP contribution in [0.4, 0.5) is 13.2 Å². The van der Waals surface area contributed by atoms with E-state index in [1.807, 2.05) is 18.2 Å². The Balaban J connectivity index is 0.00000576. The predicted molar refractivity (Wildman–Crippen MR) is 110 cm³/mol. The molecule has 0 fully saturated rings. The fourth-order valence-corrected chi connectivity index (χ4v) is 2.81. The highest BCUT2D eigenvalue weighted by Crippen LogP contribution is 2.16. The lowest BCUT2D eigenvalue weighted by Gasteiger charge is -2.18. The number of hydrogen-bond acceptors (Lipinski definition) is 3. The van der Waals surface area contributed by atoms with Crippen molar-refractivity contribution in [2.45, 2.75) is 17.5 Å². The maximum absolute atomic E-state index is 12.2. The summed E-state index contributed by atoms with van der Waals surface area (Å²) in [5.41, 5.74) is 0. The number of nitrogens with zero attached hydrogens (tertiary/aromatic N) is 2. The molecule has 0 saturated carbocycles. The molecule has 0 unspecified atom stereocenters. The van der Waals surface area contributed by atoms with Crippen molar-refractivity contribution in [2.24, 2.45) is 4.99 Å². The van der Waals surface area contributed by atoms with Gasteiger partial charge in [0.15, 0.2) is 5.96 Å². The molecule has 0 aliphatic carbocycles. The van der Waals surface area contributed by atoms with Crippen molar-refractivity contribution in [3.63, 3.8) is 0 Å². The summed E-state index contributed by atoms with van der Waals surface area (Å²) in [5, 5.41) is 6.30. The van der Waals surface area contributed by atoms with Crippen LogP contribution in [0.5, 0.6) is 0 Å². The van der Waals surface area contributed by atoms with Crippen molar-refractivity contribution < 1.29 is 13.2 Å². The van der Waals surface area contributed by atoms with Gasteiger partial charge in [-0.25, -0.2) is 0 Å². The van der Waals surface area contributed by atoms with E-state index in [9.17, 15) is 13.2 Å². The Kier molecular flexibility index (Phi) is 13.1. The molecule has 0 heterocycles. The summed E-state index contributed by atoms with van der Waals surface area (Å²) in [6, 6.07) is 10.1. The highest BCUT2D eigenvalue weighted by atomic mass is 127. The topological polar surface area (TPSA) is 39.7 Å². The summed E-state index contributed by atoms with van der Waals surface area (Å²) in [6.07, 6.45) is -3.53. The molecular formula is C16H26F3IN4S. The molecule has 9 heteroatoms. The Labute approximate surface area is 169 Å². The molecule has 1 aromatic rings. The second-order valence-corrected chi connectivity index (χ2v) is 6.46.